The lowest BCUT2D eigenvalue weighted by molar-refractivity contribution is -0.117. The first-order valence-corrected chi connectivity index (χ1v) is 4.80. The largest absolute Gasteiger partial charge is 0.323 e. The van der Waals surface area contributed by atoms with Gasteiger partial charge in [0.1, 0.15) is 0 Å². The third-order valence-electron chi connectivity index (χ3n) is 2.44. The van der Waals surface area contributed by atoms with Gasteiger partial charge in [-0.1, -0.05) is 0 Å². The molecule has 1 aromatic carbocycles. The molecule has 84 valence electrons. The number of carbonyl (C=O) groups excluding carboxylic acids is 1. The fraction of sp³-hybridized carbons (Fsp3) is 0.200. The van der Waals surface area contributed by atoms with Crippen molar-refractivity contribution in [2.24, 2.45) is 5.73 Å². The van der Waals surface area contributed by atoms with Crippen LogP contribution >= 0.6 is 0 Å². The molecule has 1 amide bonds. The number of benzene rings is 1. The SMILES string of the molecule is CN(C(=O)CN)c1ccc2[nH]c(=O)[nH]c2c1. The van der Waals surface area contributed by atoms with E-state index in [1.165, 1.54) is 4.90 Å². The molecule has 2 rings (SSSR count). The van der Waals surface area contributed by atoms with Crippen LogP contribution in [0.1, 0.15) is 0 Å². The van der Waals surface area contributed by atoms with E-state index in [2.05, 4.69) is 9.97 Å². The topological polar surface area (TPSA) is 95.0 Å². The number of nitrogens with one attached hydrogen (secondary N) is 2. The molecule has 0 aliphatic rings. The van der Waals surface area contributed by atoms with Crippen LogP contribution in [0.15, 0.2) is 23.0 Å². The second-order valence-corrected chi connectivity index (χ2v) is 3.47. The van der Waals surface area contributed by atoms with Crippen molar-refractivity contribution in [3.8, 4) is 0 Å². The van der Waals surface area contributed by atoms with Crippen LogP contribution < -0.4 is 16.3 Å². The number of fused-ring (bicyclic) bond motifs is 1. The highest BCUT2D eigenvalue weighted by atomic mass is 16.2. The average Bonchev–Trinajstić information content (AvgIpc) is 2.65. The van der Waals surface area contributed by atoms with Crippen molar-refractivity contribution in [1.82, 2.24) is 9.97 Å². The standard InChI is InChI=1S/C10H12N4O2/c1-14(9(15)5-11)6-2-3-7-8(4-6)13-10(16)12-7/h2-4H,5,11H2,1H3,(H2,12,13,16). The number of H-pyrrole nitrogens is 2. The van der Waals surface area contributed by atoms with E-state index in [1.807, 2.05) is 0 Å². The molecule has 1 aromatic heterocycles. The molecule has 0 aliphatic carbocycles. The van der Waals surface area contributed by atoms with Gasteiger partial charge in [0.2, 0.25) is 5.91 Å². The Morgan fingerprint density at radius 1 is 1.38 bits per heavy atom. The van der Waals surface area contributed by atoms with Crippen LogP contribution in [-0.4, -0.2) is 29.5 Å². The van der Waals surface area contributed by atoms with Gasteiger partial charge in [0.05, 0.1) is 17.6 Å². The van der Waals surface area contributed by atoms with E-state index in [-0.39, 0.29) is 18.1 Å². The van der Waals surface area contributed by atoms with Gasteiger partial charge in [-0.05, 0) is 18.2 Å². The maximum atomic E-state index is 11.4. The van der Waals surface area contributed by atoms with Gasteiger partial charge in [0, 0.05) is 12.7 Å². The first-order chi connectivity index (χ1) is 7.61. The minimum Gasteiger partial charge on any atom is -0.322 e. The van der Waals surface area contributed by atoms with E-state index in [1.54, 1.807) is 25.2 Å². The van der Waals surface area contributed by atoms with Crippen molar-refractivity contribution in [3.63, 3.8) is 0 Å². The number of aromatic nitrogens is 2. The molecule has 0 spiro atoms. The lowest BCUT2D eigenvalue weighted by Gasteiger charge is -2.15. The van der Waals surface area contributed by atoms with E-state index < -0.39 is 0 Å². The van der Waals surface area contributed by atoms with Gasteiger partial charge in [0.15, 0.2) is 0 Å². The van der Waals surface area contributed by atoms with E-state index in [4.69, 9.17) is 5.73 Å². The van der Waals surface area contributed by atoms with Gasteiger partial charge in [0.25, 0.3) is 0 Å². The first-order valence-electron chi connectivity index (χ1n) is 4.80. The van der Waals surface area contributed by atoms with Crippen LogP contribution in [0.4, 0.5) is 5.69 Å². The molecule has 6 heteroatoms. The Labute approximate surface area is 91.1 Å². The molecule has 0 unspecified atom stereocenters. The highest BCUT2D eigenvalue weighted by Gasteiger charge is 2.09. The molecule has 16 heavy (non-hydrogen) atoms. The number of hydrogen-bond acceptors (Lipinski definition) is 3. The maximum absolute atomic E-state index is 11.4. The minimum absolute atomic E-state index is 0.0435. The summed E-state index contributed by atoms with van der Waals surface area (Å²) in [6, 6.07) is 5.21. The van der Waals surface area contributed by atoms with Crippen LogP contribution in [0.25, 0.3) is 11.0 Å². The van der Waals surface area contributed by atoms with Gasteiger partial charge in [-0.25, -0.2) is 4.79 Å². The van der Waals surface area contributed by atoms with Crippen LogP contribution in [0.3, 0.4) is 0 Å². The second kappa shape index (κ2) is 3.82. The summed E-state index contributed by atoms with van der Waals surface area (Å²) in [5, 5.41) is 0. The number of carbonyl (C=O) groups is 1. The van der Waals surface area contributed by atoms with Crippen molar-refractivity contribution in [3.05, 3.63) is 28.7 Å². The molecule has 0 saturated carbocycles. The molecule has 0 aliphatic heterocycles. The summed E-state index contributed by atoms with van der Waals surface area (Å²) >= 11 is 0. The summed E-state index contributed by atoms with van der Waals surface area (Å²) in [5.41, 5.74) is 7.08. The van der Waals surface area contributed by atoms with Gasteiger partial charge < -0.3 is 20.6 Å². The van der Waals surface area contributed by atoms with Crippen LogP contribution in [0.5, 0.6) is 0 Å². The summed E-state index contributed by atoms with van der Waals surface area (Å²) < 4.78 is 0. The number of nitrogens with zero attached hydrogens (tertiary/aromatic N) is 1. The quantitative estimate of drug-likeness (QED) is 0.652. The Morgan fingerprint density at radius 3 is 2.75 bits per heavy atom. The number of amides is 1. The highest BCUT2D eigenvalue weighted by Crippen LogP contribution is 2.17. The molecule has 1 heterocycles. The number of aromatic amines is 2. The fourth-order valence-corrected chi connectivity index (χ4v) is 1.51. The molecular formula is C10H12N4O2. The van der Waals surface area contributed by atoms with Gasteiger partial charge in [-0.2, -0.15) is 0 Å². The van der Waals surface area contributed by atoms with Gasteiger partial charge >= 0.3 is 5.69 Å². The Kier molecular flexibility index (Phi) is 2.49. The molecule has 6 nitrogen and oxygen atoms in total. The zero-order valence-corrected chi connectivity index (χ0v) is 8.78. The minimum atomic E-state index is -0.264. The van der Waals surface area contributed by atoms with Crippen LogP contribution in [0, 0.1) is 0 Å². The summed E-state index contributed by atoms with van der Waals surface area (Å²) in [4.78, 5) is 29.1. The van der Waals surface area contributed by atoms with Gasteiger partial charge in [-0.15, -0.1) is 0 Å². The first kappa shape index (κ1) is 10.4. The van der Waals surface area contributed by atoms with E-state index >= 15 is 0 Å². The Bertz CT molecular complexity index is 584. The van der Waals surface area contributed by atoms with Gasteiger partial charge in [-0.3, -0.25) is 4.79 Å². The molecule has 0 atom stereocenters. The van der Waals surface area contributed by atoms with Crippen LogP contribution in [0.2, 0.25) is 0 Å². The van der Waals surface area contributed by atoms with Crippen molar-refractivity contribution in [2.45, 2.75) is 0 Å². The highest BCUT2D eigenvalue weighted by molar-refractivity contribution is 5.95. The fourth-order valence-electron chi connectivity index (χ4n) is 1.51. The van der Waals surface area contributed by atoms with E-state index in [9.17, 15) is 9.59 Å². The molecule has 0 fully saturated rings. The number of imidazole rings is 1. The predicted octanol–water partition coefficient (Wildman–Crippen LogP) is -0.222. The summed E-state index contributed by atoms with van der Waals surface area (Å²) in [7, 11) is 1.64. The second-order valence-electron chi connectivity index (χ2n) is 3.47. The summed E-state index contributed by atoms with van der Waals surface area (Å²) in [6.07, 6.45) is 0. The summed E-state index contributed by atoms with van der Waals surface area (Å²) in [6.45, 7) is -0.0435. The zero-order chi connectivity index (χ0) is 11.7. The molecular weight excluding hydrogens is 208 g/mol. The van der Waals surface area contributed by atoms with Crippen molar-refractivity contribution < 1.29 is 4.79 Å². The Hall–Kier alpha value is -2.08. The third-order valence-corrected chi connectivity index (χ3v) is 2.44. The molecule has 0 bridgehead atoms. The predicted molar refractivity (Wildman–Crippen MR) is 61.4 cm³/mol. The molecule has 2 aromatic rings. The van der Waals surface area contributed by atoms with Crippen LogP contribution in [-0.2, 0) is 4.79 Å². The molecule has 0 radical (unpaired) electrons. The third kappa shape index (κ3) is 1.70. The van der Waals surface area contributed by atoms with Crippen molar-refractivity contribution >= 4 is 22.6 Å². The van der Waals surface area contributed by atoms with E-state index in [0.29, 0.717) is 16.7 Å². The van der Waals surface area contributed by atoms with Crippen molar-refractivity contribution in [2.75, 3.05) is 18.5 Å². The smallest absolute Gasteiger partial charge is 0.322 e. The summed E-state index contributed by atoms with van der Waals surface area (Å²) in [5.74, 6) is -0.183. The lowest BCUT2D eigenvalue weighted by atomic mass is 10.2. The number of likely N-dealkylation sites (N-methyl/N-ethyl adjacent to an activating group) is 1. The van der Waals surface area contributed by atoms with E-state index in [0.717, 1.165) is 0 Å². The zero-order valence-electron chi connectivity index (χ0n) is 8.78. The Morgan fingerprint density at radius 2 is 2.06 bits per heavy atom. The molecule has 0 saturated heterocycles. The normalized spacial score (nSPS) is 10.6. The number of rotatable bonds is 2. The monoisotopic (exact) mass is 220 g/mol. The number of anilines is 1. The number of hydrogen-bond donors (Lipinski definition) is 3. The molecule has 4 N–H and O–H groups in total. The average molecular weight is 220 g/mol. The maximum Gasteiger partial charge on any atom is 0.323 e. The van der Waals surface area contributed by atoms with Crippen molar-refractivity contribution in [1.29, 1.82) is 0 Å². The lowest BCUT2D eigenvalue weighted by Crippen LogP contribution is -2.32. The Balaban J connectivity index is 2.46. The number of nitrogens with two attached hydrogens (primary N) is 1.